The highest BCUT2D eigenvalue weighted by atomic mass is 16.4. The van der Waals surface area contributed by atoms with Crippen LogP contribution in [0.3, 0.4) is 0 Å². The summed E-state index contributed by atoms with van der Waals surface area (Å²) in [6.45, 7) is 1.79. The van der Waals surface area contributed by atoms with E-state index in [1.807, 2.05) is 18.2 Å². The van der Waals surface area contributed by atoms with Crippen molar-refractivity contribution >= 4 is 5.97 Å². The largest absolute Gasteiger partial charge is 0.479 e. The van der Waals surface area contributed by atoms with Gasteiger partial charge >= 0.3 is 5.97 Å². The third-order valence-corrected chi connectivity index (χ3v) is 2.49. The molecule has 0 unspecified atom stereocenters. The molecular formula is C12H12N2O2. The summed E-state index contributed by atoms with van der Waals surface area (Å²) in [7, 11) is 0. The second-order valence-corrected chi connectivity index (χ2v) is 3.53. The van der Waals surface area contributed by atoms with Crippen LogP contribution in [0.4, 0.5) is 0 Å². The Bertz CT molecular complexity index is 491. The van der Waals surface area contributed by atoms with E-state index in [4.69, 9.17) is 0 Å². The highest BCUT2D eigenvalue weighted by Crippen LogP contribution is 2.19. The van der Waals surface area contributed by atoms with Crippen molar-refractivity contribution in [3.8, 4) is 0 Å². The Morgan fingerprint density at radius 2 is 2.06 bits per heavy atom. The van der Waals surface area contributed by atoms with Gasteiger partial charge in [-0.1, -0.05) is 30.3 Å². The van der Waals surface area contributed by atoms with Gasteiger partial charge in [0, 0.05) is 12.4 Å². The number of aliphatic carboxylic acids is 1. The third kappa shape index (κ3) is 1.82. The van der Waals surface area contributed by atoms with Crippen molar-refractivity contribution in [3.63, 3.8) is 0 Å². The highest BCUT2D eigenvalue weighted by molar-refractivity contribution is 5.76. The molecule has 0 saturated carbocycles. The minimum atomic E-state index is -0.882. The zero-order valence-electron chi connectivity index (χ0n) is 8.87. The molecule has 1 heterocycles. The minimum absolute atomic E-state index is 0.691. The summed E-state index contributed by atoms with van der Waals surface area (Å²) in [6.07, 6.45) is 3.29. The normalized spacial score (nSPS) is 12.3. The number of rotatable bonds is 3. The van der Waals surface area contributed by atoms with Crippen LogP contribution in [0.2, 0.25) is 0 Å². The maximum atomic E-state index is 11.3. The molecule has 0 bridgehead atoms. The van der Waals surface area contributed by atoms with Crippen LogP contribution in [0.25, 0.3) is 0 Å². The summed E-state index contributed by atoms with van der Waals surface area (Å²) in [5, 5.41) is 9.27. The molecule has 0 radical (unpaired) electrons. The van der Waals surface area contributed by atoms with E-state index in [2.05, 4.69) is 4.98 Å². The molecule has 1 atom stereocenters. The van der Waals surface area contributed by atoms with Gasteiger partial charge in [-0.15, -0.1) is 0 Å². The fourth-order valence-corrected chi connectivity index (χ4v) is 1.72. The van der Waals surface area contributed by atoms with E-state index in [1.165, 1.54) is 0 Å². The number of aromatic nitrogens is 2. The molecular weight excluding hydrogens is 204 g/mol. The molecule has 0 aliphatic carbocycles. The lowest BCUT2D eigenvalue weighted by atomic mass is 10.1. The Kier molecular flexibility index (Phi) is 2.72. The first-order chi connectivity index (χ1) is 7.70. The van der Waals surface area contributed by atoms with Gasteiger partial charge in [0.2, 0.25) is 0 Å². The number of hydrogen-bond acceptors (Lipinski definition) is 2. The quantitative estimate of drug-likeness (QED) is 0.852. The van der Waals surface area contributed by atoms with Gasteiger partial charge in [0.1, 0.15) is 5.82 Å². The smallest absolute Gasteiger partial charge is 0.331 e. The zero-order chi connectivity index (χ0) is 11.5. The molecule has 16 heavy (non-hydrogen) atoms. The van der Waals surface area contributed by atoms with Crippen molar-refractivity contribution in [1.82, 2.24) is 9.55 Å². The lowest BCUT2D eigenvalue weighted by Crippen LogP contribution is -2.20. The summed E-state index contributed by atoms with van der Waals surface area (Å²) in [5.74, 6) is -0.191. The third-order valence-electron chi connectivity index (χ3n) is 2.49. The fraction of sp³-hybridized carbons (Fsp3) is 0.167. The van der Waals surface area contributed by atoms with Gasteiger partial charge in [0.25, 0.3) is 0 Å². The van der Waals surface area contributed by atoms with E-state index in [-0.39, 0.29) is 0 Å². The molecule has 2 aromatic rings. The van der Waals surface area contributed by atoms with Gasteiger partial charge in [-0.25, -0.2) is 9.78 Å². The van der Waals surface area contributed by atoms with Crippen molar-refractivity contribution in [2.24, 2.45) is 0 Å². The number of carbonyl (C=O) groups is 1. The standard InChI is InChI=1S/C12H12N2O2/c1-9-13-7-8-14(9)11(12(15)16)10-5-3-2-4-6-10/h2-8,11H,1H3,(H,15,16)/t11-/m1/s1. The number of hydrogen-bond donors (Lipinski definition) is 1. The molecule has 0 spiro atoms. The van der Waals surface area contributed by atoms with Crippen LogP contribution in [0.1, 0.15) is 17.4 Å². The van der Waals surface area contributed by atoms with Gasteiger partial charge in [-0.2, -0.15) is 0 Å². The fourth-order valence-electron chi connectivity index (χ4n) is 1.72. The lowest BCUT2D eigenvalue weighted by Gasteiger charge is -2.15. The zero-order valence-corrected chi connectivity index (χ0v) is 8.87. The summed E-state index contributed by atoms with van der Waals surface area (Å²) in [6, 6.07) is 8.43. The van der Waals surface area contributed by atoms with E-state index in [9.17, 15) is 9.90 Å². The number of carboxylic acids is 1. The first kappa shape index (κ1) is 10.4. The van der Waals surface area contributed by atoms with Gasteiger partial charge in [-0.05, 0) is 12.5 Å². The van der Waals surface area contributed by atoms with Crippen molar-refractivity contribution < 1.29 is 9.90 Å². The molecule has 0 aliphatic heterocycles. The monoisotopic (exact) mass is 216 g/mol. The highest BCUT2D eigenvalue weighted by Gasteiger charge is 2.22. The Balaban J connectivity index is 2.48. The summed E-state index contributed by atoms with van der Waals surface area (Å²) < 4.78 is 1.65. The van der Waals surface area contributed by atoms with Gasteiger partial charge in [0.15, 0.2) is 6.04 Å². The molecule has 0 aliphatic rings. The van der Waals surface area contributed by atoms with E-state index in [0.29, 0.717) is 5.82 Å². The molecule has 1 aromatic heterocycles. The molecule has 4 nitrogen and oxygen atoms in total. The summed E-state index contributed by atoms with van der Waals surface area (Å²) in [4.78, 5) is 15.3. The number of carboxylic acid groups (broad SMARTS) is 1. The Morgan fingerprint density at radius 3 is 2.56 bits per heavy atom. The molecule has 1 aromatic carbocycles. The SMILES string of the molecule is Cc1nccn1[C@@H](C(=O)O)c1ccccc1. The average molecular weight is 216 g/mol. The van der Waals surface area contributed by atoms with Crippen LogP contribution in [-0.2, 0) is 4.79 Å². The average Bonchev–Trinajstić information content (AvgIpc) is 2.66. The van der Waals surface area contributed by atoms with Gasteiger partial charge in [-0.3, -0.25) is 0 Å². The molecule has 0 saturated heterocycles. The molecule has 0 amide bonds. The molecule has 4 heteroatoms. The topological polar surface area (TPSA) is 55.1 Å². The molecule has 2 rings (SSSR count). The first-order valence-corrected chi connectivity index (χ1v) is 4.97. The Labute approximate surface area is 93.2 Å². The first-order valence-electron chi connectivity index (χ1n) is 4.97. The van der Waals surface area contributed by atoms with E-state index in [0.717, 1.165) is 5.56 Å². The summed E-state index contributed by atoms with van der Waals surface area (Å²) in [5.41, 5.74) is 0.746. The number of benzene rings is 1. The molecule has 0 fully saturated rings. The van der Waals surface area contributed by atoms with E-state index in [1.54, 1.807) is 36.0 Å². The van der Waals surface area contributed by atoms with Crippen molar-refractivity contribution in [3.05, 3.63) is 54.1 Å². The predicted molar refractivity (Wildman–Crippen MR) is 59.2 cm³/mol. The van der Waals surface area contributed by atoms with Crippen LogP contribution in [0.5, 0.6) is 0 Å². The Hall–Kier alpha value is -2.10. The second-order valence-electron chi connectivity index (χ2n) is 3.53. The maximum absolute atomic E-state index is 11.3. The van der Waals surface area contributed by atoms with Gasteiger partial charge < -0.3 is 9.67 Å². The number of imidazole rings is 1. The van der Waals surface area contributed by atoms with Gasteiger partial charge in [0.05, 0.1) is 0 Å². The Morgan fingerprint density at radius 1 is 1.38 bits per heavy atom. The van der Waals surface area contributed by atoms with Crippen molar-refractivity contribution in [2.45, 2.75) is 13.0 Å². The molecule has 1 N–H and O–H groups in total. The predicted octanol–water partition coefficient (Wildman–Crippen LogP) is 1.87. The van der Waals surface area contributed by atoms with E-state index >= 15 is 0 Å². The van der Waals surface area contributed by atoms with Crippen molar-refractivity contribution in [2.75, 3.05) is 0 Å². The second kappa shape index (κ2) is 4.18. The van der Waals surface area contributed by atoms with Crippen molar-refractivity contribution in [1.29, 1.82) is 0 Å². The van der Waals surface area contributed by atoms with Crippen LogP contribution in [0, 0.1) is 6.92 Å². The number of aryl methyl sites for hydroxylation is 1. The summed E-state index contributed by atoms with van der Waals surface area (Å²) >= 11 is 0. The van der Waals surface area contributed by atoms with Crippen LogP contribution < -0.4 is 0 Å². The van der Waals surface area contributed by atoms with Crippen LogP contribution in [-0.4, -0.2) is 20.6 Å². The van der Waals surface area contributed by atoms with E-state index < -0.39 is 12.0 Å². The minimum Gasteiger partial charge on any atom is -0.479 e. The molecule has 82 valence electrons. The maximum Gasteiger partial charge on any atom is 0.331 e. The van der Waals surface area contributed by atoms with Crippen LogP contribution in [0.15, 0.2) is 42.7 Å². The lowest BCUT2D eigenvalue weighted by molar-refractivity contribution is -0.139. The number of nitrogens with zero attached hydrogens (tertiary/aromatic N) is 2. The van der Waals surface area contributed by atoms with Crippen LogP contribution >= 0.6 is 0 Å².